The molecule has 0 saturated carbocycles. The largest absolute Gasteiger partial charge is 0.437 e. The van der Waals surface area contributed by atoms with E-state index in [0.717, 1.165) is 49.3 Å². The summed E-state index contributed by atoms with van der Waals surface area (Å²) in [6.45, 7) is 1.96. The minimum absolute atomic E-state index is 0.0268. The normalized spacial score (nSPS) is 16.7. The van der Waals surface area contributed by atoms with E-state index in [4.69, 9.17) is 10.5 Å². The van der Waals surface area contributed by atoms with Crippen LogP contribution < -0.4 is 10.5 Å². The molecule has 2 fully saturated rings. The van der Waals surface area contributed by atoms with E-state index in [9.17, 15) is 22.1 Å². The quantitative estimate of drug-likeness (QED) is 0.128. The van der Waals surface area contributed by atoms with Gasteiger partial charge in [0.2, 0.25) is 26.1 Å². The Kier molecular flexibility index (Phi) is 11.2. The molecular weight excluding hydrogens is 741 g/mol. The lowest BCUT2D eigenvalue weighted by Crippen LogP contribution is -2.35. The molecule has 0 spiro atoms. The van der Waals surface area contributed by atoms with E-state index >= 15 is 0 Å². The van der Waals surface area contributed by atoms with Crippen LogP contribution in [0.3, 0.4) is 0 Å². The van der Waals surface area contributed by atoms with Crippen molar-refractivity contribution in [1.29, 1.82) is 5.26 Å². The summed E-state index contributed by atoms with van der Waals surface area (Å²) >= 11 is 0. The zero-order valence-corrected chi connectivity index (χ0v) is 31.4. The summed E-state index contributed by atoms with van der Waals surface area (Å²) < 4.78 is 61.6. The summed E-state index contributed by atoms with van der Waals surface area (Å²) in [5.74, 6) is 0.0290. The Morgan fingerprint density at radius 1 is 0.673 bits per heavy atom. The molecule has 0 bridgehead atoms. The van der Waals surface area contributed by atoms with Crippen molar-refractivity contribution in [3.8, 4) is 17.7 Å². The zero-order valence-electron chi connectivity index (χ0n) is 29.8. The third kappa shape index (κ3) is 8.52. The molecule has 3 heterocycles. The first kappa shape index (κ1) is 37.6. The van der Waals surface area contributed by atoms with Crippen LogP contribution in [0, 0.1) is 11.3 Å². The number of hydrogen-bond donors (Lipinski definition) is 1. The number of hydrogen-bond acceptors (Lipinski definition) is 13. The number of nitriles is 1. The fraction of sp³-hybridized carbons (Fsp3) is 0.289. The fourth-order valence-electron chi connectivity index (χ4n) is 6.34. The van der Waals surface area contributed by atoms with E-state index in [1.165, 1.54) is 57.1 Å². The Bertz CT molecular complexity index is 2490. The van der Waals surface area contributed by atoms with E-state index in [0.29, 0.717) is 43.3 Å². The zero-order chi connectivity index (χ0) is 38.4. The number of nitrogen functional groups attached to an aromatic ring is 1. The fourth-order valence-corrected chi connectivity index (χ4v) is 9.38. The number of rotatable bonds is 11. The minimum atomic E-state index is -3.63. The number of nitrogens with two attached hydrogens (primary N) is 1. The predicted molar refractivity (Wildman–Crippen MR) is 206 cm³/mol. The molecule has 2 saturated heterocycles. The van der Waals surface area contributed by atoms with Crippen molar-refractivity contribution >= 4 is 53.7 Å². The van der Waals surface area contributed by atoms with Crippen LogP contribution in [-0.4, -0.2) is 61.6 Å². The third-order valence-corrected chi connectivity index (χ3v) is 13.2. The lowest BCUT2D eigenvalue weighted by molar-refractivity contribution is 0.346. The molecule has 15 nitrogen and oxygen atoms in total. The standard InChI is InChI=1S/C38H38N10O5S2/c39-26-34(45-43-29-12-17-32(18-13-29)54(49,50)47-21-5-1-6-22-47)37-41-36(40)35(38(42-37)53-31-16-11-27-9-3-4-10-28(27)25-31)46-44-30-14-19-33(20-15-30)55(51,52)48-23-7-2-8-24-48/h3-4,9-20,25,34H,1-2,5-8,21-24H2,(H2,40,41,42). The molecule has 282 valence electrons. The number of fused-ring (bicyclic) bond motifs is 1. The van der Waals surface area contributed by atoms with Crippen LogP contribution in [0.1, 0.15) is 50.4 Å². The van der Waals surface area contributed by atoms with Crippen molar-refractivity contribution in [2.45, 2.75) is 54.4 Å². The highest BCUT2D eigenvalue weighted by atomic mass is 32.2. The van der Waals surface area contributed by atoms with Crippen molar-refractivity contribution in [1.82, 2.24) is 18.6 Å². The van der Waals surface area contributed by atoms with Gasteiger partial charge in [-0.15, -0.1) is 5.11 Å². The van der Waals surface area contributed by atoms with Crippen LogP contribution in [0.2, 0.25) is 0 Å². The first-order chi connectivity index (χ1) is 26.6. The van der Waals surface area contributed by atoms with E-state index in [-0.39, 0.29) is 33.0 Å². The molecule has 55 heavy (non-hydrogen) atoms. The summed E-state index contributed by atoms with van der Waals surface area (Å²) in [6.07, 6.45) is 5.33. The van der Waals surface area contributed by atoms with E-state index in [2.05, 4.69) is 30.4 Å². The van der Waals surface area contributed by atoms with Gasteiger partial charge in [0.05, 0.1) is 27.2 Å². The second-order valence-electron chi connectivity index (χ2n) is 13.1. The van der Waals surface area contributed by atoms with Gasteiger partial charge in [-0.25, -0.2) is 21.8 Å². The van der Waals surface area contributed by atoms with Crippen LogP contribution in [0.5, 0.6) is 11.6 Å². The maximum atomic E-state index is 13.1. The third-order valence-electron chi connectivity index (χ3n) is 9.33. The predicted octanol–water partition coefficient (Wildman–Crippen LogP) is 8.12. The van der Waals surface area contributed by atoms with Gasteiger partial charge in [0.25, 0.3) is 5.88 Å². The smallest absolute Gasteiger partial charge is 0.253 e. The summed E-state index contributed by atoms with van der Waals surface area (Å²) in [7, 11) is -7.25. The summed E-state index contributed by atoms with van der Waals surface area (Å²) in [5, 5.41) is 28.9. The molecule has 1 aromatic heterocycles. The van der Waals surface area contributed by atoms with Gasteiger partial charge in [-0.3, -0.25) is 0 Å². The summed E-state index contributed by atoms with van der Waals surface area (Å²) in [6, 6.07) is 25.9. The molecule has 0 aliphatic carbocycles. The van der Waals surface area contributed by atoms with Crippen molar-refractivity contribution in [3.05, 3.63) is 96.8 Å². The number of sulfonamides is 2. The molecular formula is C38H38N10O5S2. The number of piperidine rings is 2. The first-order valence-electron chi connectivity index (χ1n) is 17.9. The van der Waals surface area contributed by atoms with Crippen molar-refractivity contribution in [2.24, 2.45) is 20.5 Å². The molecule has 0 radical (unpaired) electrons. The average molecular weight is 779 g/mol. The number of azo groups is 2. The number of aromatic nitrogens is 2. The van der Waals surface area contributed by atoms with E-state index in [1.54, 1.807) is 6.07 Å². The molecule has 5 aromatic rings. The van der Waals surface area contributed by atoms with Gasteiger partial charge in [-0.2, -0.15) is 34.2 Å². The number of benzene rings is 4. The van der Waals surface area contributed by atoms with Gasteiger partial charge < -0.3 is 10.5 Å². The Hall–Kier alpha value is -5.67. The molecule has 1 unspecified atom stereocenters. The van der Waals surface area contributed by atoms with Crippen LogP contribution in [0.25, 0.3) is 10.8 Å². The first-order valence-corrected chi connectivity index (χ1v) is 20.8. The number of ether oxygens (including phenoxy) is 1. The number of nitrogens with zero attached hydrogens (tertiary/aromatic N) is 9. The Morgan fingerprint density at radius 2 is 1.22 bits per heavy atom. The summed E-state index contributed by atoms with van der Waals surface area (Å²) in [4.78, 5) is 9.11. The highest BCUT2D eigenvalue weighted by Gasteiger charge is 2.27. The van der Waals surface area contributed by atoms with Gasteiger partial charge in [0.15, 0.2) is 17.3 Å². The van der Waals surface area contributed by atoms with Crippen LogP contribution >= 0.6 is 0 Å². The monoisotopic (exact) mass is 778 g/mol. The van der Waals surface area contributed by atoms with Crippen LogP contribution in [0.4, 0.5) is 22.9 Å². The molecule has 17 heteroatoms. The lowest BCUT2D eigenvalue weighted by atomic mass is 10.1. The Morgan fingerprint density at radius 3 is 1.78 bits per heavy atom. The Labute approximate surface area is 319 Å². The molecule has 2 aliphatic rings. The van der Waals surface area contributed by atoms with Gasteiger partial charge >= 0.3 is 0 Å². The van der Waals surface area contributed by atoms with Gasteiger partial charge in [0, 0.05) is 26.2 Å². The molecule has 4 aromatic carbocycles. The summed E-state index contributed by atoms with van der Waals surface area (Å²) in [5.41, 5.74) is 7.04. The highest BCUT2D eigenvalue weighted by molar-refractivity contribution is 7.89. The highest BCUT2D eigenvalue weighted by Crippen LogP contribution is 2.38. The minimum Gasteiger partial charge on any atom is -0.437 e. The van der Waals surface area contributed by atoms with Crippen molar-refractivity contribution < 1.29 is 21.6 Å². The van der Waals surface area contributed by atoms with E-state index in [1.807, 2.05) is 42.5 Å². The lowest BCUT2D eigenvalue weighted by Gasteiger charge is -2.25. The van der Waals surface area contributed by atoms with E-state index < -0.39 is 26.1 Å². The van der Waals surface area contributed by atoms with Crippen LogP contribution in [-0.2, 0) is 20.0 Å². The topological polar surface area (TPSA) is 209 Å². The second kappa shape index (κ2) is 16.4. The average Bonchev–Trinajstić information content (AvgIpc) is 3.21. The molecule has 2 N–H and O–H groups in total. The SMILES string of the molecule is N#CC(N=Nc1ccc(S(=O)(=O)N2CCCCC2)cc1)c1nc(N)c(N=Nc2ccc(S(=O)(=O)N3CCCCC3)cc2)c(Oc2ccc3ccccc3c2)n1. The molecule has 0 amide bonds. The van der Waals surface area contributed by atoms with Crippen LogP contribution in [0.15, 0.2) is 121 Å². The maximum Gasteiger partial charge on any atom is 0.253 e. The van der Waals surface area contributed by atoms with Gasteiger partial charge in [0.1, 0.15) is 5.75 Å². The maximum absolute atomic E-state index is 13.1. The van der Waals surface area contributed by atoms with Crippen molar-refractivity contribution in [2.75, 3.05) is 31.9 Å². The molecule has 2 aliphatic heterocycles. The molecule has 1 atom stereocenters. The second-order valence-corrected chi connectivity index (χ2v) is 17.0. The Balaban J connectivity index is 1.16. The van der Waals surface area contributed by atoms with Crippen molar-refractivity contribution in [3.63, 3.8) is 0 Å². The van der Waals surface area contributed by atoms with Gasteiger partial charge in [-0.1, -0.05) is 43.2 Å². The molecule has 7 rings (SSSR count). The number of anilines is 1. The van der Waals surface area contributed by atoms with Gasteiger partial charge in [-0.05, 0) is 97.1 Å².